The van der Waals surface area contributed by atoms with Crippen molar-refractivity contribution in [1.82, 2.24) is 4.40 Å². The zero-order chi connectivity index (χ0) is 17.9. The van der Waals surface area contributed by atoms with Gasteiger partial charge in [-0.1, -0.05) is 6.07 Å². The third-order valence-corrected chi connectivity index (χ3v) is 5.96. The van der Waals surface area contributed by atoms with Crippen LogP contribution < -0.4 is 4.57 Å². The fourth-order valence-corrected chi connectivity index (χ4v) is 4.04. The lowest BCUT2D eigenvalue weighted by molar-refractivity contribution is -0.667. The molecule has 0 saturated heterocycles. The molecule has 3 heterocycles. The second-order valence-corrected chi connectivity index (χ2v) is 7.24. The largest absolute Gasteiger partial charge is 0.323 e. The van der Waals surface area contributed by atoms with E-state index in [-0.39, 0.29) is 0 Å². The quantitative estimate of drug-likeness (QED) is 0.428. The van der Waals surface area contributed by atoms with E-state index in [1.165, 1.54) is 55.5 Å². The van der Waals surface area contributed by atoms with Gasteiger partial charge in [0.2, 0.25) is 5.69 Å². The van der Waals surface area contributed by atoms with Crippen LogP contribution in [0.3, 0.4) is 0 Å². The number of hydrogen-bond acceptors (Lipinski definition) is 0. The molecule has 0 bridgehead atoms. The first-order valence-electron chi connectivity index (χ1n) is 8.87. The molecule has 0 saturated carbocycles. The molecule has 4 aromatic rings. The Balaban J connectivity index is 2.09. The summed E-state index contributed by atoms with van der Waals surface area (Å²) >= 11 is 0. The van der Waals surface area contributed by atoms with E-state index in [0.717, 1.165) is 0 Å². The number of aromatic nitrogens is 2. The second-order valence-electron chi connectivity index (χ2n) is 7.24. The van der Waals surface area contributed by atoms with Gasteiger partial charge in [-0.05, 0) is 63.1 Å². The molecule has 1 aromatic carbocycles. The molecule has 25 heavy (non-hydrogen) atoms. The number of benzene rings is 1. The van der Waals surface area contributed by atoms with Crippen LogP contribution in [0.4, 0.5) is 0 Å². The van der Waals surface area contributed by atoms with Gasteiger partial charge in [0.15, 0.2) is 5.69 Å². The van der Waals surface area contributed by atoms with Gasteiger partial charge in [-0.15, -0.1) is 0 Å². The van der Waals surface area contributed by atoms with Crippen LogP contribution in [0.25, 0.3) is 27.5 Å². The smallest absolute Gasteiger partial charge is 0.215 e. The van der Waals surface area contributed by atoms with Crippen molar-refractivity contribution in [3.63, 3.8) is 0 Å². The average molecular weight is 329 g/mol. The van der Waals surface area contributed by atoms with Crippen molar-refractivity contribution in [2.45, 2.75) is 34.6 Å². The van der Waals surface area contributed by atoms with Crippen LogP contribution in [-0.2, 0) is 7.05 Å². The fourth-order valence-electron chi connectivity index (χ4n) is 4.04. The van der Waals surface area contributed by atoms with Crippen molar-refractivity contribution in [2.75, 3.05) is 0 Å². The van der Waals surface area contributed by atoms with E-state index in [1.807, 2.05) is 0 Å². The third kappa shape index (κ3) is 2.21. The van der Waals surface area contributed by atoms with Gasteiger partial charge < -0.3 is 4.40 Å². The molecule has 2 heteroatoms. The summed E-state index contributed by atoms with van der Waals surface area (Å²) in [6.45, 7) is 11.1. The lowest BCUT2D eigenvalue weighted by Crippen LogP contribution is -2.37. The van der Waals surface area contributed by atoms with Crippen molar-refractivity contribution >= 4 is 16.3 Å². The standard InChI is InChI=1S/C23H25N2/c1-14-11-21-19(13-25-10-8-7-9-22(21)25)12-20(14)23-17(4)15(2)16(3)18(5)24(23)6/h7-13H,1-6H3/q+1. The highest BCUT2D eigenvalue weighted by molar-refractivity contribution is 6.00. The van der Waals surface area contributed by atoms with Crippen molar-refractivity contribution < 1.29 is 4.57 Å². The van der Waals surface area contributed by atoms with Gasteiger partial charge in [-0.2, -0.15) is 4.57 Å². The van der Waals surface area contributed by atoms with Gasteiger partial charge in [0, 0.05) is 41.2 Å². The average Bonchev–Trinajstić information content (AvgIpc) is 2.96. The highest BCUT2D eigenvalue weighted by atomic mass is 14.9. The molecule has 2 nitrogen and oxygen atoms in total. The molecular formula is C23H25N2+. The maximum atomic E-state index is 2.36. The molecule has 3 aromatic heterocycles. The monoisotopic (exact) mass is 329 g/mol. The molecule has 0 spiro atoms. The third-order valence-electron chi connectivity index (χ3n) is 5.96. The zero-order valence-corrected chi connectivity index (χ0v) is 15.9. The van der Waals surface area contributed by atoms with Crippen LogP contribution >= 0.6 is 0 Å². The number of hydrogen-bond donors (Lipinski definition) is 0. The Labute approximate surface area is 149 Å². The van der Waals surface area contributed by atoms with Crippen LogP contribution in [0.5, 0.6) is 0 Å². The molecule has 4 rings (SSSR count). The summed E-state index contributed by atoms with van der Waals surface area (Å²) in [6, 6.07) is 11.1. The van der Waals surface area contributed by atoms with Gasteiger partial charge in [0.05, 0.1) is 11.1 Å². The number of rotatable bonds is 1. The molecule has 0 aliphatic carbocycles. The summed E-state index contributed by atoms with van der Waals surface area (Å²) in [5.41, 5.74) is 10.7. The highest BCUT2D eigenvalue weighted by Crippen LogP contribution is 2.33. The van der Waals surface area contributed by atoms with Crippen molar-refractivity contribution in [1.29, 1.82) is 0 Å². The Bertz CT molecular complexity index is 1120. The number of aryl methyl sites for hydroxylation is 1. The number of fused-ring (bicyclic) bond motifs is 3. The van der Waals surface area contributed by atoms with Gasteiger partial charge in [0.1, 0.15) is 7.05 Å². The van der Waals surface area contributed by atoms with E-state index >= 15 is 0 Å². The minimum Gasteiger partial charge on any atom is -0.323 e. The van der Waals surface area contributed by atoms with Gasteiger partial charge in [-0.3, -0.25) is 0 Å². The van der Waals surface area contributed by atoms with E-state index < -0.39 is 0 Å². The Hall–Kier alpha value is -2.61. The molecule has 0 fully saturated rings. The summed E-state index contributed by atoms with van der Waals surface area (Å²) in [5, 5.41) is 2.62. The van der Waals surface area contributed by atoms with Crippen LogP contribution in [0, 0.1) is 34.6 Å². The van der Waals surface area contributed by atoms with Gasteiger partial charge in [-0.25, -0.2) is 0 Å². The lowest BCUT2D eigenvalue weighted by Gasteiger charge is -2.14. The Morgan fingerprint density at radius 3 is 2.40 bits per heavy atom. The van der Waals surface area contributed by atoms with Crippen LogP contribution in [0.1, 0.15) is 27.9 Å². The minimum atomic E-state index is 1.27. The molecule has 0 aliphatic heterocycles. The summed E-state index contributed by atoms with van der Waals surface area (Å²) < 4.78 is 4.56. The maximum absolute atomic E-state index is 2.36. The molecule has 0 unspecified atom stereocenters. The molecule has 126 valence electrons. The van der Waals surface area contributed by atoms with Crippen molar-refractivity contribution in [3.05, 3.63) is 70.7 Å². The first-order chi connectivity index (χ1) is 11.9. The second kappa shape index (κ2) is 5.45. The zero-order valence-electron chi connectivity index (χ0n) is 15.9. The van der Waals surface area contributed by atoms with Crippen LogP contribution in [0.15, 0.2) is 42.7 Å². The Morgan fingerprint density at radius 1 is 0.880 bits per heavy atom. The maximum Gasteiger partial charge on any atom is 0.215 e. The van der Waals surface area contributed by atoms with Gasteiger partial charge in [0.25, 0.3) is 0 Å². The molecule has 0 radical (unpaired) electrons. The van der Waals surface area contributed by atoms with E-state index in [9.17, 15) is 0 Å². The molecule has 0 N–H and O–H groups in total. The highest BCUT2D eigenvalue weighted by Gasteiger charge is 2.23. The summed E-state index contributed by atoms with van der Waals surface area (Å²) in [6.07, 6.45) is 4.35. The fraction of sp³-hybridized carbons (Fsp3) is 0.261. The number of pyridine rings is 2. The minimum absolute atomic E-state index is 1.27. The lowest BCUT2D eigenvalue weighted by atomic mass is 9.93. The van der Waals surface area contributed by atoms with Crippen LogP contribution in [0.2, 0.25) is 0 Å². The van der Waals surface area contributed by atoms with E-state index in [4.69, 9.17) is 0 Å². The molecule has 0 atom stereocenters. The van der Waals surface area contributed by atoms with Gasteiger partial charge >= 0.3 is 0 Å². The normalized spacial score (nSPS) is 11.6. The topological polar surface area (TPSA) is 8.29 Å². The molecule has 0 amide bonds. The summed E-state index contributed by atoms with van der Waals surface area (Å²) in [7, 11) is 2.18. The van der Waals surface area contributed by atoms with Crippen molar-refractivity contribution in [3.8, 4) is 11.3 Å². The van der Waals surface area contributed by atoms with E-state index in [1.54, 1.807) is 0 Å². The first-order valence-corrected chi connectivity index (χ1v) is 8.87. The summed E-state index contributed by atoms with van der Waals surface area (Å²) in [4.78, 5) is 0. The predicted octanol–water partition coefficient (Wildman–Crippen LogP) is 5.13. The molecular weight excluding hydrogens is 304 g/mol. The van der Waals surface area contributed by atoms with Crippen molar-refractivity contribution in [2.24, 2.45) is 7.05 Å². The Morgan fingerprint density at radius 2 is 1.64 bits per heavy atom. The van der Waals surface area contributed by atoms with E-state index in [2.05, 4.69) is 93.4 Å². The summed E-state index contributed by atoms with van der Waals surface area (Å²) in [5.74, 6) is 0. The SMILES string of the molecule is Cc1cc2c(cc1-c1c(C)c(C)c(C)c(C)[n+]1C)cn1ccccc21. The first kappa shape index (κ1) is 15.9. The van der Waals surface area contributed by atoms with E-state index in [0.29, 0.717) is 0 Å². The van der Waals surface area contributed by atoms with Crippen LogP contribution in [-0.4, -0.2) is 4.40 Å². The predicted molar refractivity (Wildman–Crippen MR) is 105 cm³/mol. The Kier molecular flexibility index (Phi) is 3.47. The number of nitrogens with zero attached hydrogens (tertiary/aromatic N) is 2. The molecule has 0 aliphatic rings.